The van der Waals surface area contributed by atoms with Gasteiger partial charge < -0.3 is 21.4 Å². The van der Waals surface area contributed by atoms with Gasteiger partial charge in [0.05, 0.1) is 6.10 Å². The number of aliphatic hydroxyl groups is 1. The summed E-state index contributed by atoms with van der Waals surface area (Å²) in [4.78, 5) is 0. The molecule has 0 saturated heterocycles. The summed E-state index contributed by atoms with van der Waals surface area (Å²) >= 11 is 0. The van der Waals surface area contributed by atoms with Crippen LogP contribution in [0.1, 0.15) is 26.2 Å². The Balaban J connectivity index is 3.17. The molecule has 0 aromatic carbocycles. The van der Waals surface area contributed by atoms with Crippen molar-refractivity contribution in [2.75, 3.05) is 13.1 Å². The molecule has 0 amide bonds. The summed E-state index contributed by atoms with van der Waals surface area (Å²) in [6.07, 6.45) is 1.87. The molecular weight excluding hydrogens is 170 g/mol. The third-order valence-corrected chi connectivity index (χ3v) is 1.77. The summed E-state index contributed by atoms with van der Waals surface area (Å²) < 4.78 is 0. The maximum atomic E-state index is 9.16. The van der Waals surface area contributed by atoms with Crippen LogP contribution < -0.4 is 11.1 Å². The standard InChI is InChI=1S/C8H19N3O2/c1-2-7(12)6-10-5-3-4-8(9)11-13/h7,10,12-13H,2-6H2,1H3,(H2,9,11). The molecule has 0 aromatic rings. The Morgan fingerprint density at radius 2 is 2.31 bits per heavy atom. The van der Waals surface area contributed by atoms with E-state index in [9.17, 15) is 0 Å². The third-order valence-electron chi connectivity index (χ3n) is 1.77. The van der Waals surface area contributed by atoms with Gasteiger partial charge in [0.1, 0.15) is 5.84 Å². The van der Waals surface area contributed by atoms with E-state index in [1.807, 2.05) is 6.92 Å². The van der Waals surface area contributed by atoms with Crippen molar-refractivity contribution in [3.05, 3.63) is 0 Å². The molecule has 0 saturated carbocycles. The summed E-state index contributed by atoms with van der Waals surface area (Å²) in [5, 5.41) is 23.3. The number of nitrogens with one attached hydrogen (secondary N) is 1. The first-order valence-electron chi connectivity index (χ1n) is 4.55. The summed E-state index contributed by atoms with van der Waals surface area (Å²) in [6, 6.07) is 0. The molecule has 0 rings (SSSR count). The number of oxime groups is 1. The number of aliphatic hydroxyl groups excluding tert-OH is 1. The van der Waals surface area contributed by atoms with Crippen LogP contribution in [0.15, 0.2) is 5.16 Å². The Kier molecular flexibility index (Phi) is 7.33. The van der Waals surface area contributed by atoms with Gasteiger partial charge in [-0.2, -0.15) is 0 Å². The smallest absolute Gasteiger partial charge is 0.139 e. The van der Waals surface area contributed by atoms with Crippen LogP contribution in [0.4, 0.5) is 0 Å². The van der Waals surface area contributed by atoms with Crippen molar-refractivity contribution in [3.63, 3.8) is 0 Å². The molecule has 0 spiro atoms. The molecule has 0 radical (unpaired) electrons. The van der Waals surface area contributed by atoms with E-state index >= 15 is 0 Å². The lowest BCUT2D eigenvalue weighted by Crippen LogP contribution is -2.27. The first kappa shape index (κ1) is 12.2. The van der Waals surface area contributed by atoms with Crippen molar-refractivity contribution in [2.24, 2.45) is 10.9 Å². The second-order valence-corrected chi connectivity index (χ2v) is 2.96. The molecule has 78 valence electrons. The highest BCUT2D eigenvalue weighted by atomic mass is 16.4. The highest BCUT2D eigenvalue weighted by Crippen LogP contribution is 1.89. The third kappa shape index (κ3) is 7.55. The predicted octanol–water partition coefficient (Wildman–Crippen LogP) is -0.126. The van der Waals surface area contributed by atoms with Crippen molar-refractivity contribution in [1.82, 2.24) is 5.32 Å². The maximum absolute atomic E-state index is 9.16. The van der Waals surface area contributed by atoms with Gasteiger partial charge in [-0.3, -0.25) is 0 Å². The van der Waals surface area contributed by atoms with Gasteiger partial charge in [-0.05, 0) is 19.4 Å². The van der Waals surface area contributed by atoms with Gasteiger partial charge >= 0.3 is 0 Å². The van der Waals surface area contributed by atoms with Gasteiger partial charge in [0.15, 0.2) is 0 Å². The van der Waals surface area contributed by atoms with Crippen molar-refractivity contribution in [2.45, 2.75) is 32.3 Å². The van der Waals surface area contributed by atoms with Crippen molar-refractivity contribution in [1.29, 1.82) is 0 Å². The molecule has 1 atom stereocenters. The molecule has 0 heterocycles. The number of amidine groups is 1. The molecule has 0 bridgehead atoms. The van der Waals surface area contributed by atoms with Crippen LogP contribution in [0.5, 0.6) is 0 Å². The molecule has 1 unspecified atom stereocenters. The van der Waals surface area contributed by atoms with Crippen molar-refractivity contribution < 1.29 is 10.3 Å². The van der Waals surface area contributed by atoms with Crippen molar-refractivity contribution in [3.8, 4) is 0 Å². The molecule has 0 aliphatic rings. The van der Waals surface area contributed by atoms with E-state index in [4.69, 9.17) is 16.0 Å². The zero-order valence-corrected chi connectivity index (χ0v) is 8.03. The van der Waals surface area contributed by atoms with Gasteiger partial charge in [-0.25, -0.2) is 0 Å². The normalized spacial score (nSPS) is 14.5. The fraction of sp³-hybridized carbons (Fsp3) is 0.875. The fourth-order valence-electron chi connectivity index (χ4n) is 0.858. The average Bonchev–Trinajstić information content (AvgIpc) is 2.16. The number of nitrogens with two attached hydrogens (primary N) is 1. The van der Waals surface area contributed by atoms with Gasteiger partial charge in [0.25, 0.3) is 0 Å². The molecule has 0 aliphatic carbocycles. The molecular formula is C8H19N3O2. The molecule has 13 heavy (non-hydrogen) atoms. The fourth-order valence-corrected chi connectivity index (χ4v) is 0.858. The summed E-state index contributed by atoms with van der Waals surface area (Å²) in [5.74, 6) is 0.248. The van der Waals surface area contributed by atoms with Gasteiger partial charge in [0, 0.05) is 13.0 Å². The number of hydrogen-bond acceptors (Lipinski definition) is 4. The summed E-state index contributed by atoms with van der Waals surface area (Å²) in [6.45, 7) is 3.31. The Hall–Kier alpha value is -0.810. The molecule has 0 fully saturated rings. The molecule has 5 N–H and O–H groups in total. The van der Waals surface area contributed by atoms with E-state index in [1.54, 1.807) is 0 Å². The minimum Gasteiger partial charge on any atom is -0.409 e. The lowest BCUT2D eigenvalue weighted by atomic mass is 10.2. The zero-order valence-electron chi connectivity index (χ0n) is 8.03. The second kappa shape index (κ2) is 7.82. The van der Waals surface area contributed by atoms with Gasteiger partial charge in [0.2, 0.25) is 0 Å². The monoisotopic (exact) mass is 189 g/mol. The second-order valence-electron chi connectivity index (χ2n) is 2.96. The SMILES string of the molecule is CCC(O)CNCCCC(N)=NO. The largest absolute Gasteiger partial charge is 0.409 e. The van der Waals surface area contributed by atoms with Crippen LogP contribution >= 0.6 is 0 Å². The highest BCUT2D eigenvalue weighted by molar-refractivity contribution is 5.79. The van der Waals surface area contributed by atoms with E-state index in [-0.39, 0.29) is 11.9 Å². The van der Waals surface area contributed by atoms with Crippen LogP contribution in [0.25, 0.3) is 0 Å². The lowest BCUT2D eigenvalue weighted by Gasteiger charge is -2.08. The molecule has 5 nitrogen and oxygen atoms in total. The Bertz CT molecular complexity index is 150. The lowest BCUT2D eigenvalue weighted by molar-refractivity contribution is 0.167. The van der Waals surface area contributed by atoms with E-state index in [0.717, 1.165) is 19.4 Å². The van der Waals surface area contributed by atoms with E-state index in [1.165, 1.54) is 0 Å². The molecule has 0 aromatic heterocycles. The van der Waals surface area contributed by atoms with Gasteiger partial charge in [-0.1, -0.05) is 12.1 Å². The van der Waals surface area contributed by atoms with Crippen LogP contribution in [0.3, 0.4) is 0 Å². The number of hydrogen-bond donors (Lipinski definition) is 4. The van der Waals surface area contributed by atoms with Crippen LogP contribution in [-0.2, 0) is 0 Å². The zero-order chi connectivity index (χ0) is 10.1. The summed E-state index contributed by atoms with van der Waals surface area (Å²) in [7, 11) is 0. The Morgan fingerprint density at radius 3 is 2.85 bits per heavy atom. The minimum atomic E-state index is -0.274. The van der Waals surface area contributed by atoms with E-state index in [0.29, 0.717) is 13.0 Å². The Labute approximate surface area is 78.6 Å². The van der Waals surface area contributed by atoms with Crippen molar-refractivity contribution >= 4 is 5.84 Å². The topological polar surface area (TPSA) is 90.9 Å². The number of rotatable bonds is 7. The Morgan fingerprint density at radius 1 is 1.62 bits per heavy atom. The van der Waals surface area contributed by atoms with Crippen LogP contribution in [0.2, 0.25) is 0 Å². The first-order chi connectivity index (χ1) is 6.20. The van der Waals surface area contributed by atoms with Crippen LogP contribution in [0, 0.1) is 0 Å². The number of nitrogens with zero attached hydrogens (tertiary/aromatic N) is 1. The van der Waals surface area contributed by atoms with E-state index < -0.39 is 0 Å². The first-order valence-corrected chi connectivity index (χ1v) is 4.55. The van der Waals surface area contributed by atoms with Gasteiger partial charge in [-0.15, -0.1) is 0 Å². The highest BCUT2D eigenvalue weighted by Gasteiger charge is 1.98. The maximum Gasteiger partial charge on any atom is 0.139 e. The molecule has 0 aliphatic heterocycles. The van der Waals surface area contributed by atoms with E-state index in [2.05, 4.69) is 10.5 Å². The quantitative estimate of drug-likeness (QED) is 0.148. The predicted molar refractivity (Wildman–Crippen MR) is 51.8 cm³/mol. The molecule has 5 heteroatoms. The average molecular weight is 189 g/mol. The summed E-state index contributed by atoms with van der Waals surface area (Å²) in [5.41, 5.74) is 5.26. The van der Waals surface area contributed by atoms with Crippen LogP contribution in [-0.4, -0.2) is 35.3 Å². The minimum absolute atomic E-state index is 0.248.